The molecule has 1 amide bonds. The minimum absolute atomic E-state index is 0.00760. The maximum Gasteiger partial charge on any atom is 0.234 e. The SMILES string of the molecule is CC(C)CCC(C)NC(=O)CN1CC(CO)OC(C)(C)C1. The van der Waals surface area contributed by atoms with Gasteiger partial charge in [-0.15, -0.1) is 0 Å². The largest absolute Gasteiger partial charge is 0.394 e. The first-order valence-corrected chi connectivity index (χ1v) is 8.02. The number of ether oxygens (including phenoxy) is 1. The Hall–Kier alpha value is -0.650. The summed E-state index contributed by atoms with van der Waals surface area (Å²) in [5.74, 6) is 0.718. The Morgan fingerprint density at radius 1 is 1.38 bits per heavy atom. The summed E-state index contributed by atoms with van der Waals surface area (Å²) in [6, 6.07) is 0.211. The van der Waals surface area contributed by atoms with Gasteiger partial charge in [-0.25, -0.2) is 0 Å². The summed E-state index contributed by atoms with van der Waals surface area (Å²) >= 11 is 0. The number of rotatable bonds is 7. The molecule has 0 aromatic rings. The fourth-order valence-electron chi connectivity index (χ4n) is 2.81. The van der Waals surface area contributed by atoms with E-state index in [1.54, 1.807) is 0 Å². The zero-order chi connectivity index (χ0) is 16.0. The number of morpholine rings is 1. The Kier molecular flexibility index (Phi) is 7.10. The van der Waals surface area contributed by atoms with E-state index in [1.807, 2.05) is 13.8 Å². The molecule has 0 bridgehead atoms. The van der Waals surface area contributed by atoms with E-state index in [4.69, 9.17) is 4.74 Å². The summed E-state index contributed by atoms with van der Waals surface area (Å²) in [5.41, 5.74) is -0.324. The molecule has 0 aliphatic carbocycles. The number of hydrogen-bond acceptors (Lipinski definition) is 4. The number of carbonyl (C=O) groups is 1. The first-order chi connectivity index (χ1) is 9.71. The molecule has 5 nitrogen and oxygen atoms in total. The minimum atomic E-state index is -0.324. The molecule has 1 aliphatic heterocycles. The van der Waals surface area contributed by atoms with Crippen LogP contribution in [0.3, 0.4) is 0 Å². The zero-order valence-corrected chi connectivity index (χ0v) is 14.2. The van der Waals surface area contributed by atoms with E-state index in [1.165, 1.54) is 0 Å². The first-order valence-electron chi connectivity index (χ1n) is 8.02. The monoisotopic (exact) mass is 300 g/mol. The van der Waals surface area contributed by atoms with Crippen LogP contribution in [0.15, 0.2) is 0 Å². The quantitative estimate of drug-likeness (QED) is 0.746. The Balaban J connectivity index is 2.39. The van der Waals surface area contributed by atoms with Crippen LogP contribution in [0.4, 0.5) is 0 Å². The Labute approximate surface area is 129 Å². The average Bonchev–Trinajstić information content (AvgIpc) is 2.34. The van der Waals surface area contributed by atoms with Crippen molar-refractivity contribution in [1.82, 2.24) is 10.2 Å². The lowest BCUT2D eigenvalue weighted by Crippen LogP contribution is -2.56. The molecule has 1 rings (SSSR count). The summed E-state index contributed by atoms with van der Waals surface area (Å²) in [6.07, 6.45) is 1.93. The Morgan fingerprint density at radius 2 is 2.05 bits per heavy atom. The van der Waals surface area contributed by atoms with Gasteiger partial charge < -0.3 is 15.2 Å². The summed E-state index contributed by atoms with van der Waals surface area (Å²) in [6.45, 7) is 12.1. The van der Waals surface area contributed by atoms with Crippen LogP contribution < -0.4 is 5.32 Å². The second-order valence-corrected chi connectivity index (χ2v) is 7.29. The van der Waals surface area contributed by atoms with E-state index in [2.05, 4.69) is 31.0 Å². The third-order valence-corrected chi connectivity index (χ3v) is 3.71. The number of aliphatic hydroxyl groups excluding tert-OH is 1. The van der Waals surface area contributed by atoms with Crippen LogP contribution >= 0.6 is 0 Å². The number of carbonyl (C=O) groups excluding carboxylic acids is 1. The molecule has 2 atom stereocenters. The number of nitrogens with zero attached hydrogens (tertiary/aromatic N) is 1. The smallest absolute Gasteiger partial charge is 0.234 e. The van der Waals surface area contributed by atoms with Gasteiger partial charge in [0.05, 0.1) is 24.9 Å². The van der Waals surface area contributed by atoms with E-state index in [0.717, 1.165) is 12.8 Å². The molecule has 2 unspecified atom stereocenters. The van der Waals surface area contributed by atoms with E-state index in [0.29, 0.717) is 25.6 Å². The number of nitrogens with one attached hydrogen (secondary N) is 1. The van der Waals surface area contributed by atoms with Crippen molar-refractivity contribution < 1.29 is 14.6 Å². The molecule has 0 aromatic carbocycles. The average molecular weight is 300 g/mol. The van der Waals surface area contributed by atoms with Crippen LogP contribution in [0.5, 0.6) is 0 Å². The van der Waals surface area contributed by atoms with Gasteiger partial charge in [-0.3, -0.25) is 9.69 Å². The normalized spacial score (nSPS) is 24.0. The van der Waals surface area contributed by atoms with Crippen molar-refractivity contribution in [3.05, 3.63) is 0 Å². The number of amides is 1. The maximum atomic E-state index is 12.1. The van der Waals surface area contributed by atoms with Crippen LogP contribution in [0, 0.1) is 5.92 Å². The van der Waals surface area contributed by atoms with Gasteiger partial charge >= 0.3 is 0 Å². The Morgan fingerprint density at radius 3 is 2.62 bits per heavy atom. The Bertz CT molecular complexity index is 331. The molecule has 1 fully saturated rings. The van der Waals surface area contributed by atoms with Gasteiger partial charge in [0.15, 0.2) is 0 Å². The molecule has 124 valence electrons. The predicted molar refractivity (Wildman–Crippen MR) is 84.2 cm³/mol. The molecule has 0 spiro atoms. The molecule has 1 heterocycles. The van der Waals surface area contributed by atoms with E-state index in [-0.39, 0.29) is 30.3 Å². The molecule has 0 radical (unpaired) electrons. The van der Waals surface area contributed by atoms with Crippen LogP contribution in [-0.2, 0) is 9.53 Å². The third kappa shape index (κ3) is 7.25. The zero-order valence-electron chi connectivity index (χ0n) is 14.2. The van der Waals surface area contributed by atoms with Gasteiger partial charge in [0.1, 0.15) is 0 Å². The molecular formula is C16H32N2O3. The summed E-state index contributed by atoms with van der Waals surface area (Å²) in [4.78, 5) is 14.2. The van der Waals surface area contributed by atoms with Crippen molar-refractivity contribution in [3.63, 3.8) is 0 Å². The molecule has 0 aromatic heterocycles. The van der Waals surface area contributed by atoms with Crippen LogP contribution in [0.2, 0.25) is 0 Å². The number of aliphatic hydroxyl groups is 1. The summed E-state index contributed by atoms with van der Waals surface area (Å²) < 4.78 is 5.76. The van der Waals surface area contributed by atoms with Gasteiger partial charge in [-0.1, -0.05) is 13.8 Å². The lowest BCUT2D eigenvalue weighted by Gasteiger charge is -2.42. The highest BCUT2D eigenvalue weighted by Gasteiger charge is 2.33. The molecular weight excluding hydrogens is 268 g/mol. The maximum absolute atomic E-state index is 12.1. The third-order valence-electron chi connectivity index (χ3n) is 3.71. The van der Waals surface area contributed by atoms with Crippen LogP contribution in [0.1, 0.15) is 47.5 Å². The fourth-order valence-corrected chi connectivity index (χ4v) is 2.81. The molecule has 2 N–H and O–H groups in total. The highest BCUT2D eigenvalue weighted by atomic mass is 16.5. The molecule has 5 heteroatoms. The van der Waals surface area contributed by atoms with Gasteiger partial charge in [0, 0.05) is 19.1 Å². The van der Waals surface area contributed by atoms with Crippen LogP contribution in [0.25, 0.3) is 0 Å². The van der Waals surface area contributed by atoms with Crippen molar-refractivity contribution in [3.8, 4) is 0 Å². The van der Waals surface area contributed by atoms with E-state index >= 15 is 0 Å². The number of hydrogen-bond donors (Lipinski definition) is 2. The molecule has 1 aliphatic rings. The minimum Gasteiger partial charge on any atom is -0.394 e. The van der Waals surface area contributed by atoms with Gasteiger partial charge in [-0.2, -0.15) is 0 Å². The highest BCUT2D eigenvalue weighted by molar-refractivity contribution is 5.78. The van der Waals surface area contributed by atoms with Gasteiger partial charge in [-0.05, 0) is 39.5 Å². The lowest BCUT2D eigenvalue weighted by atomic mass is 10.0. The van der Waals surface area contributed by atoms with Gasteiger partial charge in [0.25, 0.3) is 0 Å². The molecule has 0 saturated carbocycles. The second kappa shape index (κ2) is 8.11. The standard InChI is InChI=1S/C16H32N2O3/c1-12(2)6-7-13(3)17-15(20)9-18-8-14(10-19)21-16(4,5)11-18/h12-14,19H,6-11H2,1-5H3,(H,17,20). The predicted octanol–water partition coefficient (Wildman–Crippen LogP) is 1.40. The lowest BCUT2D eigenvalue weighted by molar-refractivity contribution is -0.153. The van der Waals surface area contributed by atoms with Crippen molar-refractivity contribution in [2.45, 2.75) is 65.2 Å². The van der Waals surface area contributed by atoms with Crippen molar-refractivity contribution in [2.24, 2.45) is 5.92 Å². The molecule has 21 heavy (non-hydrogen) atoms. The van der Waals surface area contributed by atoms with Crippen molar-refractivity contribution in [2.75, 3.05) is 26.2 Å². The summed E-state index contributed by atoms with van der Waals surface area (Å²) in [7, 11) is 0. The second-order valence-electron chi connectivity index (χ2n) is 7.29. The highest BCUT2D eigenvalue weighted by Crippen LogP contribution is 2.20. The molecule has 1 saturated heterocycles. The van der Waals surface area contributed by atoms with Gasteiger partial charge in [0.2, 0.25) is 5.91 Å². The van der Waals surface area contributed by atoms with Crippen molar-refractivity contribution >= 4 is 5.91 Å². The summed E-state index contributed by atoms with van der Waals surface area (Å²) in [5, 5.41) is 12.3. The van der Waals surface area contributed by atoms with E-state index < -0.39 is 0 Å². The fraction of sp³-hybridized carbons (Fsp3) is 0.938. The van der Waals surface area contributed by atoms with E-state index in [9.17, 15) is 9.90 Å². The van der Waals surface area contributed by atoms with Crippen LogP contribution in [-0.4, -0.2) is 59.9 Å². The first kappa shape index (κ1) is 18.4. The topological polar surface area (TPSA) is 61.8 Å². The van der Waals surface area contributed by atoms with Crippen molar-refractivity contribution in [1.29, 1.82) is 0 Å².